The molecule has 0 N–H and O–H groups in total. The molecule has 23 heavy (non-hydrogen) atoms. The number of hydrogen-bond donors (Lipinski definition) is 0. The smallest absolute Gasteiger partial charge is 0.377 e. The van der Waals surface area contributed by atoms with Crippen LogP contribution in [0.4, 0.5) is 0 Å². The maximum absolute atomic E-state index is 5.50. The molecule has 0 heterocycles. The molecule has 0 bridgehead atoms. The lowest BCUT2D eigenvalue weighted by Gasteiger charge is -2.27. The Hall–Kier alpha value is 0.0569. The lowest BCUT2D eigenvalue weighted by molar-refractivity contribution is 0.121. The number of nitrogens with zero attached hydrogens (tertiary/aromatic N) is 1. The number of hydrogen-bond acceptors (Lipinski definition) is 4. The first-order valence-corrected chi connectivity index (χ1v) is 11.3. The zero-order valence-corrected chi connectivity index (χ0v) is 17.5. The van der Waals surface area contributed by atoms with E-state index in [4.69, 9.17) is 13.3 Å². The zero-order chi connectivity index (χ0) is 17.6. The number of rotatable bonds is 16. The van der Waals surface area contributed by atoms with Crippen molar-refractivity contribution in [3.8, 4) is 0 Å². The summed E-state index contributed by atoms with van der Waals surface area (Å²) in [5, 5.41) is 0. The Kier molecular flexibility index (Phi) is 14.4. The van der Waals surface area contributed by atoms with Gasteiger partial charge in [-0.05, 0) is 33.4 Å². The van der Waals surface area contributed by atoms with Crippen LogP contribution in [0.2, 0.25) is 6.04 Å². The molecule has 0 aliphatic carbocycles. The molecule has 0 aromatic rings. The van der Waals surface area contributed by atoms with E-state index in [1.165, 1.54) is 57.8 Å². The van der Waals surface area contributed by atoms with Crippen molar-refractivity contribution < 1.29 is 13.3 Å². The second kappa shape index (κ2) is 14.4. The summed E-state index contributed by atoms with van der Waals surface area (Å²) in [6.45, 7) is 2.27. The molecule has 4 nitrogen and oxygen atoms in total. The Morgan fingerprint density at radius 2 is 1.22 bits per heavy atom. The van der Waals surface area contributed by atoms with Crippen LogP contribution in [0, 0.1) is 0 Å². The van der Waals surface area contributed by atoms with Gasteiger partial charge in [-0.2, -0.15) is 0 Å². The van der Waals surface area contributed by atoms with Crippen LogP contribution >= 0.6 is 0 Å². The van der Waals surface area contributed by atoms with Crippen molar-refractivity contribution in [3.05, 3.63) is 0 Å². The largest absolute Gasteiger partial charge is 0.500 e. The molecule has 0 saturated carbocycles. The van der Waals surface area contributed by atoms with E-state index in [2.05, 4.69) is 25.9 Å². The van der Waals surface area contributed by atoms with Crippen LogP contribution in [0.15, 0.2) is 0 Å². The average Bonchev–Trinajstić information content (AvgIpc) is 2.56. The molecule has 0 aromatic heterocycles. The normalized spacial score (nSPS) is 13.7. The van der Waals surface area contributed by atoms with Crippen molar-refractivity contribution >= 4 is 8.80 Å². The van der Waals surface area contributed by atoms with Crippen molar-refractivity contribution in [2.24, 2.45) is 0 Å². The molecule has 0 aromatic carbocycles. The van der Waals surface area contributed by atoms with Crippen molar-refractivity contribution in [1.29, 1.82) is 0 Å². The molecule has 0 radical (unpaired) electrons. The van der Waals surface area contributed by atoms with Crippen LogP contribution in [0.5, 0.6) is 0 Å². The predicted octanol–water partition coefficient (Wildman–Crippen LogP) is 4.72. The van der Waals surface area contributed by atoms with E-state index < -0.39 is 8.80 Å². The van der Waals surface area contributed by atoms with E-state index in [0.717, 1.165) is 12.5 Å². The highest BCUT2D eigenvalue weighted by atomic mass is 28.4. The fraction of sp³-hybridized carbons (Fsp3) is 1.00. The molecule has 1 unspecified atom stereocenters. The minimum Gasteiger partial charge on any atom is -0.377 e. The van der Waals surface area contributed by atoms with E-state index in [1.807, 2.05) is 0 Å². The first-order valence-electron chi connectivity index (χ1n) is 9.37. The van der Waals surface area contributed by atoms with Crippen molar-refractivity contribution in [1.82, 2.24) is 4.90 Å². The third kappa shape index (κ3) is 10.5. The van der Waals surface area contributed by atoms with Gasteiger partial charge in [0.25, 0.3) is 0 Å². The van der Waals surface area contributed by atoms with Crippen LogP contribution in [0.1, 0.15) is 71.1 Å². The lowest BCUT2D eigenvalue weighted by atomic mass is 10.0. The van der Waals surface area contributed by atoms with Gasteiger partial charge < -0.3 is 18.2 Å². The fourth-order valence-electron chi connectivity index (χ4n) is 3.11. The number of unbranched alkanes of at least 4 members (excludes halogenated alkanes) is 6. The maximum Gasteiger partial charge on any atom is 0.500 e. The minimum absolute atomic E-state index is 0.655. The van der Waals surface area contributed by atoms with E-state index in [9.17, 15) is 0 Å². The van der Waals surface area contributed by atoms with Gasteiger partial charge in [-0.3, -0.25) is 0 Å². The highest BCUT2D eigenvalue weighted by molar-refractivity contribution is 6.60. The van der Waals surface area contributed by atoms with E-state index >= 15 is 0 Å². The maximum atomic E-state index is 5.50. The minimum atomic E-state index is -2.39. The first-order chi connectivity index (χ1) is 11.0. The summed E-state index contributed by atoms with van der Waals surface area (Å²) < 4.78 is 16.5. The van der Waals surface area contributed by atoms with Crippen molar-refractivity contribution in [3.63, 3.8) is 0 Å². The average molecular weight is 348 g/mol. The van der Waals surface area contributed by atoms with E-state index in [1.54, 1.807) is 21.3 Å². The molecule has 0 spiro atoms. The second-order valence-corrected chi connectivity index (χ2v) is 9.81. The van der Waals surface area contributed by atoms with Gasteiger partial charge in [-0.25, -0.2) is 0 Å². The summed E-state index contributed by atoms with van der Waals surface area (Å²) in [6, 6.07) is 1.56. The van der Waals surface area contributed by atoms with Gasteiger partial charge in [0.1, 0.15) is 0 Å². The Morgan fingerprint density at radius 1 is 0.739 bits per heavy atom. The Bertz CT molecular complexity index is 252. The summed E-state index contributed by atoms with van der Waals surface area (Å²) in [4.78, 5) is 2.37. The first kappa shape index (κ1) is 23.1. The van der Waals surface area contributed by atoms with Gasteiger partial charge >= 0.3 is 8.80 Å². The Labute approximate surface area is 146 Å². The molecule has 5 heteroatoms. The summed E-state index contributed by atoms with van der Waals surface area (Å²) in [6.07, 6.45) is 13.2. The molecule has 0 amide bonds. The summed E-state index contributed by atoms with van der Waals surface area (Å²) in [7, 11) is 7.08. The molecule has 0 aliphatic heterocycles. The predicted molar refractivity (Wildman–Crippen MR) is 101 cm³/mol. The Morgan fingerprint density at radius 3 is 1.70 bits per heavy atom. The van der Waals surface area contributed by atoms with Crippen LogP contribution in [-0.4, -0.2) is 55.2 Å². The summed E-state index contributed by atoms with van der Waals surface area (Å²) in [5.41, 5.74) is 0. The van der Waals surface area contributed by atoms with Gasteiger partial charge in [-0.1, -0.05) is 51.9 Å². The third-order valence-electron chi connectivity index (χ3n) is 4.82. The van der Waals surface area contributed by atoms with Gasteiger partial charge in [0.05, 0.1) is 0 Å². The van der Waals surface area contributed by atoms with Crippen molar-refractivity contribution in [2.75, 3.05) is 35.4 Å². The standard InChI is InChI=1S/C18H41NO3Si/c1-7-8-9-10-11-12-13-15-18(19(2)3)16-14-17-23(20-4,21-5)22-6/h18H,7-17H2,1-6H3. The van der Waals surface area contributed by atoms with Gasteiger partial charge in [0.15, 0.2) is 0 Å². The molecule has 0 saturated heterocycles. The highest BCUT2D eigenvalue weighted by Gasteiger charge is 2.37. The van der Waals surface area contributed by atoms with Crippen LogP contribution < -0.4 is 0 Å². The molecule has 0 fully saturated rings. The monoisotopic (exact) mass is 347 g/mol. The van der Waals surface area contributed by atoms with E-state index in [-0.39, 0.29) is 0 Å². The quantitative estimate of drug-likeness (QED) is 0.299. The second-order valence-electron chi connectivity index (χ2n) is 6.72. The molecule has 0 rings (SSSR count). The van der Waals surface area contributed by atoms with Gasteiger partial charge in [0, 0.05) is 33.4 Å². The lowest BCUT2D eigenvalue weighted by Crippen LogP contribution is -2.43. The molecular weight excluding hydrogens is 306 g/mol. The SMILES string of the molecule is CCCCCCCCCC(CCC[Si](OC)(OC)OC)N(C)C. The topological polar surface area (TPSA) is 30.9 Å². The highest BCUT2D eigenvalue weighted by Crippen LogP contribution is 2.20. The van der Waals surface area contributed by atoms with Crippen LogP contribution in [0.3, 0.4) is 0 Å². The summed E-state index contributed by atoms with van der Waals surface area (Å²) in [5.74, 6) is 0. The van der Waals surface area contributed by atoms with E-state index in [0.29, 0.717) is 6.04 Å². The molecule has 0 aliphatic rings. The molecular formula is C18H41NO3Si. The third-order valence-corrected chi connectivity index (χ3v) is 7.66. The van der Waals surface area contributed by atoms with Crippen LogP contribution in [0.25, 0.3) is 0 Å². The van der Waals surface area contributed by atoms with Crippen LogP contribution in [-0.2, 0) is 13.3 Å². The molecule has 140 valence electrons. The molecule has 1 atom stereocenters. The van der Waals surface area contributed by atoms with Gasteiger partial charge in [-0.15, -0.1) is 0 Å². The fourth-order valence-corrected chi connectivity index (χ4v) is 4.86. The summed E-state index contributed by atoms with van der Waals surface area (Å²) >= 11 is 0. The van der Waals surface area contributed by atoms with Crippen molar-refractivity contribution in [2.45, 2.75) is 83.2 Å². The zero-order valence-electron chi connectivity index (χ0n) is 16.5. The van der Waals surface area contributed by atoms with Gasteiger partial charge in [0.2, 0.25) is 0 Å². The Balaban J connectivity index is 3.94.